The second kappa shape index (κ2) is 5.54. The molecule has 0 bridgehead atoms. The lowest BCUT2D eigenvalue weighted by Gasteiger charge is -2.23. The van der Waals surface area contributed by atoms with E-state index in [1.54, 1.807) is 0 Å². The molecule has 0 aliphatic heterocycles. The maximum Gasteiger partial charge on any atom is 0.300 e. The molecule has 0 aromatic carbocycles. The Morgan fingerprint density at radius 1 is 1.27 bits per heavy atom. The van der Waals surface area contributed by atoms with Crippen LogP contribution in [0.1, 0.15) is 27.7 Å². The molecule has 0 saturated heterocycles. The Bertz CT molecular complexity index is 110. The van der Waals surface area contributed by atoms with E-state index in [0.717, 1.165) is 6.92 Å². The molecule has 0 atom stereocenters. The van der Waals surface area contributed by atoms with Gasteiger partial charge in [0, 0.05) is 6.92 Å². The van der Waals surface area contributed by atoms with Gasteiger partial charge >= 0.3 is 0 Å². The van der Waals surface area contributed by atoms with Gasteiger partial charge in [0.25, 0.3) is 5.97 Å². The van der Waals surface area contributed by atoms with E-state index >= 15 is 0 Å². The third-order valence-corrected chi connectivity index (χ3v) is 4.02. The van der Waals surface area contributed by atoms with Crippen LogP contribution in [0.3, 0.4) is 0 Å². The molecule has 0 unspecified atom stereocenters. The lowest BCUT2D eigenvalue weighted by molar-refractivity contribution is -0.134. The average Bonchev–Trinajstić information content (AvgIpc) is 1.59. The van der Waals surface area contributed by atoms with E-state index in [4.69, 9.17) is 9.90 Å². The fourth-order valence-corrected chi connectivity index (χ4v) is 0. The topological polar surface area (TPSA) is 37.3 Å². The number of carboxylic acid groups (broad SMARTS) is 1. The highest BCUT2D eigenvalue weighted by molar-refractivity contribution is 7.57. The maximum absolute atomic E-state index is 9.00. The Labute approximate surface area is 70.8 Å². The van der Waals surface area contributed by atoms with Crippen LogP contribution in [-0.2, 0) is 4.79 Å². The highest BCUT2D eigenvalue weighted by atomic mass is 31.1. The molecule has 0 aromatic rings. The molecule has 0 heterocycles. The number of carboxylic acids is 1. The van der Waals surface area contributed by atoms with Crippen LogP contribution in [0, 0.1) is 0 Å². The summed E-state index contributed by atoms with van der Waals surface area (Å²) < 4.78 is 0. The van der Waals surface area contributed by atoms with E-state index in [-0.39, 0.29) is 7.92 Å². The molecule has 0 amide bonds. The van der Waals surface area contributed by atoms with Crippen molar-refractivity contribution < 1.29 is 9.90 Å². The van der Waals surface area contributed by atoms with Gasteiger partial charge in [-0.2, -0.15) is 0 Å². The molecule has 0 aromatic heterocycles. The van der Waals surface area contributed by atoms with E-state index < -0.39 is 5.97 Å². The van der Waals surface area contributed by atoms with Gasteiger partial charge in [-0.3, -0.25) is 4.79 Å². The van der Waals surface area contributed by atoms with Gasteiger partial charge in [0.05, 0.1) is 0 Å². The summed E-state index contributed by atoms with van der Waals surface area (Å²) in [5.74, 6) is -0.833. The minimum absolute atomic E-state index is 0.258. The standard InChI is InChI=1S/C6H15P.C2H4O2/c1-6(2,3)7(4)5;1-2(3)4/h1-5H3;1H3,(H,3,4). The first-order valence-corrected chi connectivity index (χ1v) is 5.78. The number of carbonyl (C=O) groups is 1. The zero-order valence-corrected chi connectivity index (χ0v) is 9.20. The van der Waals surface area contributed by atoms with Crippen LogP contribution in [0.25, 0.3) is 0 Å². The van der Waals surface area contributed by atoms with Crippen LogP contribution < -0.4 is 0 Å². The average molecular weight is 178 g/mol. The summed E-state index contributed by atoms with van der Waals surface area (Å²) in [6, 6.07) is 0. The molecular weight excluding hydrogens is 159 g/mol. The summed E-state index contributed by atoms with van der Waals surface area (Å²) in [5.41, 5.74) is 0. The van der Waals surface area contributed by atoms with Crippen molar-refractivity contribution >= 4 is 13.9 Å². The molecule has 11 heavy (non-hydrogen) atoms. The summed E-state index contributed by atoms with van der Waals surface area (Å²) >= 11 is 0. The maximum atomic E-state index is 9.00. The summed E-state index contributed by atoms with van der Waals surface area (Å²) in [7, 11) is 0.258. The minimum Gasteiger partial charge on any atom is -0.481 e. The third-order valence-electron chi connectivity index (χ3n) is 1.34. The van der Waals surface area contributed by atoms with Crippen molar-refractivity contribution in [3.8, 4) is 0 Å². The van der Waals surface area contributed by atoms with Gasteiger partial charge in [0.15, 0.2) is 0 Å². The summed E-state index contributed by atoms with van der Waals surface area (Å²) in [6.45, 7) is 12.6. The van der Waals surface area contributed by atoms with Gasteiger partial charge in [0.2, 0.25) is 0 Å². The van der Waals surface area contributed by atoms with Gasteiger partial charge < -0.3 is 5.11 Å². The number of rotatable bonds is 0. The van der Waals surface area contributed by atoms with Gasteiger partial charge in [-0.1, -0.05) is 20.8 Å². The molecule has 0 aliphatic rings. The molecule has 0 rings (SSSR count). The molecule has 0 radical (unpaired) electrons. The Morgan fingerprint density at radius 2 is 1.36 bits per heavy atom. The molecule has 68 valence electrons. The zero-order valence-electron chi connectivity index (χ0n) is 8.30. The molecule has 1 N–H and O–H groups in total. The largest absolute Gasteiger partial charge is 0.481 e. The predicted molar refractivity (Wildman–Crippen MR) is 51.8 cm³/mol. The normalized spacial score (nSPS) is 10.5. The fourth-order valence-electron chi connectivity index (χ4n) is 0. The first-order valence-electron chi connectivity index (χ1n) is 3.55. The smallest absolute Gasteiger partial charge is 0.300 e. The second-order valence-corrected chi connectivity index (χ2v) is 6.71. The van der Waals surface area contributed by atoms with Crippen LogP contribution in [-0.4, -0.2) is 29.6 Å². The lowest BCUT2D eigenvalue weighted by atomic mass is 10.3. The monoisotopic (exact) mass is 178 g/mol. The van der Waals surface area contributed by atoms with Crippen LogP contribution in [0.5, 0.6) is 0 Å². The van der Waals surface area contributed by atoms with Gasteiger partial charge in [-0.25, -0.2) is 0 Å². The van der Waals surface area contributed by atoms with E-state index in [9.17, 15) is 0 Å². The summed E-state index contributed by atoms with van der Waals surface area (Å²) in [4.78, 5) is 9.00. The van der Waals surface area contributed by atoms with Gasteiger partial charge in [-0.05, 0) is 18.5 Å². The Balaban J connectivity index is 0. The molecule has 3 heteroatoms. The van der Waals surface area contributed by atoms with Crippen molar-refractivity contribution in [2.75, 3.05) is 13.3 Å². The highest BCUT2D eigenvalue weighted by Gasteiger charge is 2.13. The predicted octanol–water partition coefficient (Wildman–Crippen LogP) is 2.62. The Kier molecular flexibility index (Phi) is 6.79. The Hall–Kier alpha value is -0.100. The first-order chi connectivity index (χ1) is 4.68. The molecule has 0 fully saturated rings. The van der Waals surface area contributed by atoms with Crippen LogP contribution in [0.2, 0.25) is 0 Å². The lowest BCUT2D eigenvalue weighted by Crippen LogP contribution is -2.08. The number of hydrogen-bond donors (Lipinski definition) is 1. The molecule has 0 spiro atoms. The van der Waals surface area contributed by atoms with Crippen molar-refractivity contribution in [3.63, 3.8) is 0 Å². The fraction of sp³-hybridized carbons (Fsp3) is 0.875. The zero-order chi connectivity index (χ0) is 9.65. The van der Waals surface area contributed by atoms with Crippen LogP contribution in [0.4, 0.5) is 0 Å². The van der Waals surface area contributed by atoms with Crippen LogP contribution >= 0.6 is 7.92 Å². The van der Waals surface area contributed by atoms with Crippen molar-refractivity contribution in [1.82, 2.24) is 0 Å². The van der Waals surface area contributed by atoms with Crippen molar-refractivity contribution in [1.29, 1.82) is 0 Å². The summed E-state index contributed by atoms with van der Waals surface area (Å²) in [6.07, 6.45) is 0. The van der Waals surface area contributed by atoms with Crippen LogP contribution in [0.15, 0.2) is 0 Å². The SMILES string of the molecule is CC(=O)O.CP(C)C(C)(C)C. The van der Waals surface area contributed by atoms with Gasteiger partial charge in [0.1, 0.15) is 0 Å². The Morgan fingerprint density at radius 3 is 1.36 bits per heavy atom. The second-order valence-electron chi connectivity index (χ2n) is 3.58. The van der Waals surface area contributed by atoms with Crippen molar-refractivity contribution in [2.45, 2.75) is 32.9 Å². The molecular formula is C8H19O2P. The number of hydrogen-bond acceptors (Lipinski definition) is 1. The molecule has 2 nitrogen and oxygen atoms in total. The van der Waals surface area contributed by atoms with E-state index in [2.05, 4.69) is 34.1 Å². The van der Waals surface area contributed by atoms with Crippen molar-refractivity contribution in [3.05, 3.63) is 0 Å². The van der Waals surface area contributed by atoms with E-state index in [1.165, 1.54) is 0 Å². The quantitative estimate of drug-likeness (QED) is 0.579. The van der Waals surface area contributed by atoms with Crippen molar-refractivity contribution in [2.24, 2.45) is 0 Å². The van der Waals surface area contributed by atoms with Gasteiger partial charge in [-0.15, -0.1) is 7.92 Å². The minimum atomic E-state index is -0.833. The molecule has 0 aliphatic carbocycles. The van der Waals surface area contributed by atoms with E-state index in [1.807, 2.05) is 0 Å². The third kappa shape index (κ3) is 17.7. The van der Waals surface area contributed by atoms with E-state index in [0.29, 0.717) is 5.16 Å². The molecule has 0 saturated carbocycles. The first kappa shape index (κ1) is 13.5. The number of aliphatic carboxylic acids is 1. The summed E-state index contributed by atoms with van der Waals surface area (Å²) in [5, 5.41) is 7.98. The highest BCUT2D eigenvalue weighted by Crippen LogP contribution is 2.41.